The van der Waals surface area contributed by atoms with Crippen LogP contribution in [0.5, 0.6) is 5.75 Å². The Bertz CT molecular complexity index is 1090. The predicted octanol–water partition coefficient (Wildman–Crippen LogP) is 3.84. The van der Waals surface area contributed by atoms with Crippen LogP contribution in [-0.4, -0.2) is 32.2 Å². The van der Waals surface area contributed by atoms with Gasteiger partial charge in [0.2, 0.25) is 0 Å². The summed E-state index contributed by atoms with van der Waals surface area (Å²) in [5.74, 6) is 0.688. The lowest BCUT2D eigenvalue weighted by molar-refractivity contribution is -0.118. The summed E-state index contributed by atoms with van der Waals surface area (Å²) in [7, 11) is -3.29. The molecule has 27 heavy (non-hydrogen) atoms. The predicted molar refractivity (Wildman–Crippen MR) is 107 cm³/mol. The summed E-state index contributed by atoms with van der Waals surface area (Å²) in [5.41, 5.74) is 1.77. The average molecular weight is 405 g/mol. The van der Waals surface area contributed by atoms with Crippen molar-refractivity contribution in [2.45, 2.75) is 24.7 Å². The van der Waals surface area contributed by atoms with Gasteiger partial charge in [-0.2, -0.15) is 0 Å². The molecule has 3 aromatic rings. The van der Waals surface area contributed by atoms with Gasteiger partial charge < -0.3 is 4.74 Å². The Hall–Kier alpha value is -2.45. The first-order chi connectivity index (χ1) is 12.7. The van der Waals surface area contributed by atoms with Crippen LogP contribution < -0.4 is 10.1 Å². The number of rotatable bonds is 6. The molecule has 0 saturated heterocycles. The lowest BCUT2D eigenvalue weighted by atomic mass is 10.0. The molecule has 0 aliphatic carbocycles. The second kappa shape index (κ2) is 7.66. The molecular formula is C19H20N2O4S2. The zero-order valence-corrected chi connectivity index (χ0v) is 16.9. The summed E-state index contributed by atoms with van der Waals surface area (Å²) in [4.78, 5) is 16.7. The van der Waals surface area contributed by atoms with Gasteiger partial charge in [-0.15, -0.1) is 0 Å². The standard InChI is InChI=1S/C19H20N2O4S2/c1-12(2)13-5-4-6-14(9-13)25-11-18(22)21-19-20-16-8-7-15(27(3,23)24)10-17(16)26-19/h4-10,12H,11H2,1-3H3,(H,20,21,22). The summed E-state index contributed by atoms with van der Waals surface area (Å²) < 4.78 is 29.5. The molecule has 1 heterocycles. The molecule has 0 atom stereocenters. The second-order valence-electron chi connectivity index (χ2n) is 6.48. The maximum Gasteiger partial charge on any atom is 0.264 e. The number of anilines is 1. The summed E-state index contributed by atoms with van der Waals surface area (Å²) in [5, 5.41) is 3.09. The van der Waals surface area contributed by atoms with E-state index in [1.165, 1.54) is 17.4 Å². The van der Waals surface area contributed by atoms with E-state index in [4.69, 9.17) is 4.74 Å². The van der Waals surface area contributed by atoms with Gasteiger partial charge in [-0.3, -0.25) is 10.1 Å². The highest BCUT2D eigenvalue weighted by atomic mass is 32.2. The summed E-state index contributed by atoms with van der Waals surface area (Å²) in [6, 6.07) is 12.3. The van der Waals surface area contributed by atoms with E-state index >= 15 is 0 Å². The van der Waals surface area contributed by atoms with E-state index in [1.807, 2.05) is 24.3 Å². The van der Waals surface area contributed by atoms with Crippen molar-refractivity contribution in [3.63, 3.8) is 0 Å². The van der Waals surface area contributed by atoms with Gasteiger partial charge in [0.05, 0.1) is 15.1 Å². The summed E-state index contributed by atoms with van der Waals surface area (Å²) >= 11 is 1.22. The molecule has 0 saturated carbocycles. The van der Waals surface area contributed by atoms with E-state index in [9.17, 15) is 13.2 Å². The van der Waals surface area contributed by atoms with Crippen molar-refractivity contribution in [2.24, 2.45) is 0 Å². The smallest absolute Gasteiger partial charge is 0.264 e. The van der Waals surface area contributed by atoms with Crippen LogP contribution in [0.25, 0.3) is 10.2 Å². The molecule has 8 heteroatoms. The maximum absolute atomic E-state index is 12.1. The van der Waals surface area contributed by atoms with Crippen LogP contribution in [0.15, 0.2) is 47.4 Å². The van der Waals surface area contributed by atoms with E-state index in [2.05, 4.69) is 24.1 Å². The molecule has 1 N–H and O–H groups in total. The van der Waals surface area contributed by atoms with Crippen LogP contribution in [0.4, 0.5) is 5.13 Å². The Morgan fingerprint density at radius 3 is 2.70 bits per heavy atom. The number of amides is 1. The fourth-order valence-electron chi connectivity index (χ4n) is 2.46. The Labute approximate surface area is 162 Å². The van der Waals surface area contributed by atoms with Crippen LogP contribution in [0.1, 0.15) is 25.3 Å². The second-order valence-corrected chi connectivity index (χ2v) is 9.53. The number of carbonyl (C=O) groups excluding carboxylic acids is 1. The highest BCUT2D eigenvalue weighted by Crippen LogP contribution is 2.28. The number of ether oxygens (including phenoxy) is 1. The van der Waals surface area contributed by atoms with Gasteiger partial charge in [0.25, 0.3) is 5.91 Å². The Morgan fingerprint density at radius 1 is 1.22 bits per heavy atom. The minimum absolute atomic E-state index is 0.133. The molecule has 6 nitrogen and oxygen atoms in total. The summed E-state index contributed by atoms with van der Waals surface area (Å²) in [6.45, 7) is 4.05. The zero-order chi connectivity index (χ0) is 19.6. The summed E-state index contributed by atoms with van der Waals surface area (Å²) in [6.07, 6.45) is 1.16. The largest absolute Gasteiger partial charge is 0.484 e. The number of sulfone groups is 1. The minimum Gasteiger partial charge on any atom is -0.484 e. The number of thiazole rings is 1. The first-order valence-electron chi connectivity index (χ1n) is 8.35. The maximum atomic E-state index is 12.1. The van der Waals surface area contributed by atoms with Crippen LogP contribution >= 0.6 is 11.3 Å². The van der Waals surface area contributed by atoms with Crippen LogP contribution in [0.3, 0.4) is 0 Å². The number of benzene rings is 2. The fraction of sp³-hybridized carbons (Fsp3) is 0.263. The lowest BCUT2D eigenvalue weighted by Gasteiger charge is -2.09. The van der Waals surface area contributed by atoms with E-state index in [0.717, 1.165) is 11.8 Å². The van der Waals surface area contributed by atoms with E-state index in [1.54, 1.807) is 12.1 Å². The molecule has 0 aliphatic heterocycles. The highest BCUT2D eigenvalue weighted by molar-refractivity contribution is 7.90. The van der Waals surface area contributed by atoms with Crippen molar-refractivity contribution in [2.75, 3.05) is 18.2 Å². The highest BCUT2D eigenvalue weighted by Gasteiger charge is 2.12. The normalized spacial score (nSPS) is 11.7. The minimum atomic E-state index is -3.29. The first-order valence-corrected chi connectivity index (χ1v) is 11.1. The van der Waals surface area contributed by atoms with Crippen molar-refractivity contribution in [1.29, 1.82) is 0 Å². The Kier molecular flexibility index (Phi) is 5.48. The third-order valence-corrected chi connectivity index (χ3v) is 5.97. The van der Waals surface area contributed by atoms with Gasteiger partial charge in [-0.05, 0) is 41.8 Å². The molecule has 0 spiro atoms. The first kappa shape index (κ1) is 19.3. The van der Waals surface area contributed by atoms with Crippen molar-refractivity contribution in [1.82, 2.24) is 4.98 Å². The molecule has 1 aromatic heterocycles. The number of nitrogens with zero attached hydrogens (tertiary/aromatic N) is 1. The van der Waals surface area contributed by atoms with Crippen LogP contribution in [-0.2, 0) is 14.6 Å². The monoisotopic (exact) mass is 404 g/mol. The van der Waals surface area contributed by atoms with Gasteiger partial charge in [0.15, 0.2) is 21.6 Å². The van der Waals surface area contributed by atoms with E-state index < -0.39 is 9.84 Å². The van der Waals surface area contributed by atoms with Crippen molar-refractivity contribution < 1.29 is 17.9 Å². The molecular weight excluding hydrogens is 384 g/mol. The number of hydrogen-bond acceptors (Lipinski definition) is 6. The molecule has 3 rings (SSSR count). The molecule has 2 aromatic carbocycles. The molecule has 0 unspecified atom stereocenters. The molecule has 0 aliphatic rings. The fourth-order valence-corrected chi connectivity index (χ4v) is 4.10. The third-order valence-electron chi connectivity index (χ3n) is 3.93. The quantitative estimate of drug-likeness (QED) is 0.675. The van der Waals surface area contributed by atoms with Gasteiger partial charge in [0.1, 0.15) is 5.75 Å². The van der Waals surface area contributed by atoms with E-state index in [0.29, 0.717) is 27.0 Å². The Morgan fingerprint density at radius 2 is 2.00 bits per heavy atom. The van der Waals surface area contributed by atoms with E-state index in [-0.39, 0.29) is 17.4 Å². The molecule has 1 amide bonds. The number of fused-ring (bicyclic) bond motifs is 1. The SMILES string of the molecule is CC(C)c1cccc(OCC(=O)Nc2nc3ccc(S(C)(=O)=O)cc3s2)c1. The molecule has 0 fully saturated rings. The number of nitrogens with one attached hydrogen (secondary N) is 1. The van der Waals surface area contributed by atoms with Gasteiger partial charge in [-0.1, -0.05) is 37.3 Å². The number of carbonyl (C=O) groups is 1. The zero-order valence-electron chi connectivity index (χ0n) is 15.2. The molecule has 142 valence electrons. The van der Waals surface area contributed by atoms with Crippen molar-refractivity contribution in [3.8, 4) is 5.75 Å². The topological polar surface area (TPSA) is 85.4 Å². The van der Waals surface area contributed by atoms with Gasteiger partial charge in [-0.25, -0.2) is 13.4 Å². The van der Waals surface area contributed by atoms with Crippen LogP contribution in [0.2, 0.25) is 0 Å². The molecule has 0 radical (unpaired) electrons. The van der Waals surface area contributed by atoms with Crippen molar-refractivity contribution in [3.05, 3.63) is 48.0 Å². The average Bonchev–Trinajstić information content (AvgIpc) is 3.00. The molecule has 0 bridgehead atoms. The third kappa shape index (κ3) is 4.84. The number of hydrogen-bond donors (Lipinski definition) is 1. The van der Waals surface area contributed by atoms with Gasteiger partial charge in [0, 0.05) is 6.26 Å². The lowest BCUT2D eigenvalue weighted by Crippen LogP contribution is -2.20. The van der Waals surface area contributed by atoms with Crippen molar-refractivity contribution >= 4 is 42.4 Å². The number of aromatic nitrogens is 1. The Balaban J connectivity index is 1.66. The van der Waals surface area contributed by atoms with Gasteiger partial charge >= 0.3 is 0 Å². The van der Waals surface area contributed by atoms with Crippen LogP contribution in [0, 0.1) is 0 Å².